The van der Waals surface area contributed by atoms with Gasteiger partial charge >= 0.3 is 0 Å². The molecular formula is C19H25N3O2S. The highest BCUT2D eigenvalue weighted by atomic mass is 32.1. The van der Waals surface area contributed by atoms with Gasteiger partial charge in [0, 0.05) is 30.5 Å². The Kier molecular flexibility index (Phi) is 4.90. The number of anilines is 1. The Hall–Kier alpha value is -1.66. The monoisotopic (exact) mass is 359 g/mol. The van der Waals surface area contributed by atoms with Crippen molar-refractivity contribution < 1.29 is 9.53 Å². The number of fused-ring (bicyclic) bond motifs is 1. The lowest BCUT2D eigenvalue weighted by Crippen LogP contribution is -2.42. The lowest BCUT2D eigenvalue weighted by molar-refractivity contribution is -0.119. The lowest BCUT2D eigenvalue weighted by Gasteiger charge is -2.38. The fraction of sp³-hybridized carbons (Fsp3) is 0.579. The molecule has 0 radical (unpaired) electrons. The van der Waals surface area contributed by atoms with E-state index >= 15 is 0 Å². The van der Waals surface area contributed by atoms with Crippen LogP contribution < -0.4 is 5.32 Å². The summed E-state index contributed by atoms with van der Waals surface area (Å²) in [6, 6.07) is 4.04. The zero-order valence-electron chi connectivity index (χ0n) is 14.5. The number of thiazole rings is 1. The van der Waals surface area contributed by atoms with Crippen LogP contribution in [0.25, 0.3) is 0 Å². The summed E-state index contributed by atoms with van der Waals surface area (Å²) in [7, 11) is 0. The summed E-state index contributed by atoms with van der Waals surface area (Å²) in [5.41, 5.74) is 1.02. The number of ether oxygens (including phenoxy) is 1. The van der Waals surface area contributed by atoms with E-state index in [1.807, 2.05) is 12.1 Å². The first kappa shape index (κ1) is 16.8. The molecule has 4 rings (SSSR count). The normalized spacial score (nSPS) is 19.8. The quantitative estimate of drug-likeness (QED) is 0.846. The van der Waals surface area contributed by atoms with Crippen molar-refractivity contribution in [1.29, 1.82) is 0 Å². The van der Waals surface area contributed by atoms with Crippen LogP contribution in [-0.2, 0) is 27.9 Å². The highest BCUT2D eigenvalue weighted by Crippen LogP contribution is 2.34. The fourth-order valence-corrected chi connectivity index (χ4v) is 5.04. The Balaban J connectivity index is 1.47. The van der Waals surface area contributed by atoms with Crippen LogP contribution in [-0.4, -0.2) is 28.7 Å². The molecule has 0 atom stereocenters. The summed E-state index contributed by atoms with van der Waals surface area (Å²) in [6.07, 6.45) is 12.2. The van der Waals surface area contributed by atoms with E-state index in [0.29, 0.717) is 19.6 Å². The third kappa shape index (κ3) is 3.65. The van der Waals surface area contributed by atoms with E-state index in [4.69, 9.17) is 4.74 Å². The highest BCUT2D eigenvalue weighted by Gasteiger charge is 2.36. The van der Waals surface area contributed by atoms with E-state index in [1.54, 1.807) is 11.3 Å². The molecule has 1 amide bonds. The number of carbonyl (C=O) groups excluding carboxylic acids is 1. The van der Waals surface area contributed by atoms with E-state index in [-0.39, 0.29) is 11.4 Å². The van der Waals surface area contributed by atoms with Crippen molar-refractivity contribution in [2.24, 2.45) is 0 Å². The number of amides is 1. The van der Waals surface area contributed by atoms with E-state index in [0.717, 1.165) is 30.8 Å². The predicted octanol–water partition coefficient (Wildman–Crippen LogP) is 3.75. The van der Waals surface area contributed by atoms with Crippen molar-refractivity contribution in [1.82, 2.24) is 9.55 Å². The minimum atomic E-state index is -0.180. The largest absolute Gasteiger partial charge is 0.381 e. The molecule has 0 bridgehead atoms. The van der Waals surface area contributed by atoms with Crippen LogP contribution >= 0.6 is 11.3 Å². The van der Waals surface area contributed by atoms with Crippen molar-refractivity contribution >= 4 is 22.4 Å². The summed E-state index contributed by atoms with van der Waals surface area (Å²) in [5.74, 6) is 0.0551. The molecule has 0 unspecified atom stereocenters. The Morgan fingerprint density at radius 2 is 1.96 bits per heavy atom. The summed E-state index contributed by atoms with van der Waals surface area (Å²) >= 11 is 1.66. The number of carbonyl (C=O) groups is 1. The third-order valence-corrected chi connectivity index (χ3v) is 6.48. The third-order valence-electron chi connectivity index (χ3n) is 5.41. The van der Waals surface area contributed by atoms with Crippen molar-refractivity contribution in [3.63, 3.8) is 0 Å². The molecule has 2 aromatic heterocycles. The minimum absolute atomic E-state index is 0.0551. The SMILES string of the molecule is O=C(CC1(n2cccc2)CCOCC1)Nc1nc2c(s1)CCCCC2. The van der Waals surface area contributed by atoms with Gasteiger partial charge in [0.25, 0.3) is 0 Å². The van der Waals surface area contributed by atoms with Crippen LogP contribution in [0.3, 0.4) is 0 Å². The molecule has 1 aliphatic carbocycles. The van der Waals surface area contributed by atoms with Gasteiger partial charge in [-0.05, 0) is 50.7 Å². The molecule has 6 heteroatoms. The smallest absolute Gasteiger partial charge is 0.228 e. The van der Waals surface area contributed by atoms with Crippen molar-refractivity contribution in [2.45, 2.75) is 56.9 Å². The molecule has 2 aromatic rings. The van der Waals surface area contributed by atoms with Gasteiger partial charge in [-0.25, -0.2) is 4.98 Å². The summed E-state index contributed by atoms with van der Waals surface area (Å²) in [6.45, 7) is 1.41. The molecule has 1 fully saturated rings. The Bertz CT molecular complexity index is 694. The number of hydrogen-bond acceptors (Lipinski definition) is 4. The van der Waals surface area contributed by atoms with Crippen LogP contribution in [0, 0.1) is 0 Å². The van der Waals surface area contributed by atoms with E-state index in [1.165, 1.54) is 29.8 Å². The van der Waals surface area contributed by atoms with E-state index in [2.05, 4.69) is 27.3 Å². The Morgan fingerprint density at radius 3 is 2.76 bits per heavy atom. The predicted molar refractivity (Wildman–Crippen MR) is 99.1 cm³/mol. The van der Waals surface area contributed by atoms with Crippen LogP contribution in [0.5, 0.6) is 0 Å². The molecule has 1 N–H and O–H groups in total. The zero-order chi connectivity index (χ0) is 17.1. The Labute approximate surface area is 152 Å². The lowest BCUT2D eigenvalue weighted by atomic mass is 9.86. The molecular weight excluding hydrogens is 334 g/mol. The fourth-order valence-electron chi connectivity index (χ4n) is 3.97. The number of aromatic nitrogens is 2. The minimum Gasteiger partial charge on any atom is -0.381 e. The van der Waals surface area contributed by atoms with E-state index in [9.17, 15) is 4.79 Å². The maximum absolute atomic E-state index is 12.8. The Morgan fingerprint density at radius 1 is 1.20 bits per heavy atom. The van der Waals surface area contributed by atoms with Gasteiger partial charge in [0.2, 0.25) is 5.91 Å². The van der Waals surface area contributed by atoms with Crippen molar-refractivity contribution in [2.75, 3.05) is 18.5 Å². The van der Waals surface area contributed by atoms with Gasteiger partial charge in [-0.3, -0.25) is 4.79 Å². The van der Waals surface area contributed by atoms with Crippen molar-refractivity contribution in [3.05, 3.63) is 35.1 Å². The standard InChI is InChI=1S/C19H25N3O2S/c23-17(21-18-20-15-6-2-1-3-7-16(15)25-18)14-19(8-12-24-13-9-19)22-10-4-5-11-22/h4-5,10-11H,1-3,6-9,12-14H2,(H,20,21,23). The average molecular weight is 359 g/mol. The maximum Gasteiger partial charge on any atom is 0.228 e. The summed E-state index contributed by atoms with van der Waals surface area (Å²) in [4.78, 5) is 18.8. The van der Waals surface area contributed by atoms with Crippen LogP contribution in [0.1, 0.15) is 49.1 Å². The molecule has 134 valence electrons. The molecule has 5 nitrogen and oxygen atoms in total. The van der Waals surface area contributed by atoms with Crippen molar-refractivity contribution in [3.8, 4) is 0 Å². The maximum atomic E-state index is 12.8. The second-order valence-electron chi connectivity index (χ2n) is 7.10. The molecule has 1 aliphatic heterocycles. The van der Waals surface area contributed by atoms with Gasteiger partial charge in [0.1, 0.15) is 0 Å². The molecule has 2 aliphatic rings. The van der Waals surface area contributed by atoms with Crippen LogP contribution in [0.2, 0.25) is 0 Å². The molecule has 0 spiro atoms. The van der Waals surface area contributed by atoms with Gasteiger partial charge in [0.05, 0.1) is 17.7 Å². The summed E-state index contributed by atoms with van der Waals surface area (Å²) in [5, 5.41) is 3.84. The topological polar surface area (TPSA) is 56.1 Å². The molecule has 1 saturated heterocycles. The van der Waals surface area contributed by atoms with Crippen LogP contribution in [0.4, 0.5) is 5.13 Å². The first-order valence-electron chi connectivity index (χ1n) is 9.25. The second-order valence-corrected chi connectivity index (χ2v) is 8.19. The van der Waals surface area contributed by atoms with Gasteiger partial charge in [-0.15, -0.1) is 11.3 Å². The molecule has 0 saturated carbocycles. The van der Waals surface area contributed by atoms with Crippen LogP contribution in [0.15, 0.2) is 24.5 Å². The van der Waals surface area contributed by atoms with E-state index < -0.39 is 0 Å². The number of nitrogens with zero attached hydrogens (tertiary/aromatic N) is 2. The zero-order valence-corrected chi connectivity index (χ0v) is 15.3. The molecule has 3 heterocycles. The van der Waals surface area contributed by atoms with Gasteiger partial charge in [0.15, 0.2) is 5.13 Å². The number of nitrogens with one attached hydrogen (secondary N) is 1. The van der Waals surface area contributed by atoms with Gasteiger partial charge in [-0.1, -0.05) is 6.42 Å². The average Bonchev–Trinajstić information content (AvgIpc) is 3.22. The summed E-state index contributed by atoms with van der Waals surface area (Å²) < 4.78 is 7.72. The number of aryl methyl sites for hydroxylation is 2. The first-order chi connectivity index (χ1) is 12.3. The van der Waals surface area contributed by atoms with Gasteiger partial charge < -0.3 is 14.6 Å². The number of hydrogen-bond donors (Lipinski definition) is 1. The highest BCUT2D eigenvalue weighted by molar-refractivity contribution is 7.15. The van der Waals surface area contributed by atoms with Gasteiger partial charge in [-0.2, -0.15) is 0 Å². The molecule has 0 aromatic carbocycles. The second kappa shape index (κ2) is 7.30. The number of rotatable bonds is 4. The molecule has 25 heavy (non-hydrogen) atoms. The first-order valence-corrected chi connectivity index (χ1v) is 10.1.